The predicted molar refractivity (Wildman–Crippen MR) is 85.3 cm³/mol. The second-order valence-corrected chi connectivity index (χ2v) is 6.27. The lowest BCUT2D eigenvalue weighted by molar-refractivity contribution is -0.141. The number of amides is 1. The summed E-state index contributed by atoms with van der Waals surface area (Å²) in [5, 5.41) is 12.2. The van der Waals surface area contributed by atoms with E-state index in [2.05, 4.69) is 19.0 Å². The molecule has 5 heteroatoms. The maximum Gasteiger partial charge on any atom is 0.236 e. The molecule has 0 unspecified atom stereocenters. The van der Waals surface area contributed by atoms with Gasteiger partial charge < -0.3 is 15.8 Å². The molecule has 1 aliphatic heterocycles. The van der Waals surface area contributed by atoms with Crippen LogP contribution < -0.4 is 5.73 Å². The number of rotatable bonds is 6. The van der Waals surface area contributed by atoms with Crippen molar-refractivity contribution in [1.29, 1.82) is 0 Å². The summed E-state index contributed by atoms with van der Waals surface area (Å²) in [6.45, 7) is 9.87. The number of nitrogens with two attached hydrogens (primary N) is 1. The molecule has 0 aliphatic carbocycles. The van der Waals surface area contributed by atoms with Crippen molar-refractivity contribution < 1.29 is 10.0 Å². The second-order valence-electron chi connectivity index (χ2n) is 6.27. The van der Waals surface area contributed by atoms with Crippen LogP contribution in [0.1, 0.15) is 66.2 Å². The largest absolute Gasteiger partial charge is 0.409 e. The van der Waals surface area contributed by atoms with Crippen molar-refractivity contribution in [3.8, 4) is 0 Å². The molecular weight excluding hydrogens is 266 g/mol. The van der Waals surface area contributed by atoms with Gasteiger partial charge in [0.1, 0.15) is 5.41 Å². The molecule has 1 amide bonds. The monoisotopic (exact) mass is 297 g/mol. The van der Waals surface area contributed by atoms with Crippen molar-refractivity contribution in [2.75, 3.05) is 13.1 Å². The van der Waals surface area contributed by atoms with Crippen molar-refractivity contribution in [1.82, 2.24) is 4.90 Å². The van der Waals surface area contributed by atoms with E-state index in [1.54, 1.807) is 0 Å². The summed E-state index contributed by atoms with van der Waals surface area (Å²) in [4.78, 5) is 14.8. The number of hydrogen-bond acceptors (Lipinski definition) is 3. The van der Waals surface area contributed by atoms with Gasteiger partial charge in [0.2, 0.25) is 5.91 Å². The molecule has 5 nitrogen and oxygen atoms in total. The van der Waals surface area contributed by atoms with Crippen LogP contribution in [0.4, 0.5) is 0 Å². The molecule has 1 aliphatic rings. The van der Waals surface area contributed by atoms with Crippen molar-refractivity contribution >= 4 is 11.7 Å². The van der Waals surface area contributed by atoms with Gasteiger partial charge >= 0.3 is 0 Å². The van der Waals surface area contributed by atoms with Crippen LogP contribution in [0.15, 0.2) is 5.16 Å². The Morgan fingerprint density at radius 3 is 2.00 bits per heavy atom. The standard InChI is InChI=1S/C16H31N3O2/c1-5-15(6-2)9-11-19(12-10-15)14(20)16(7-3,8-4)13(17)18-21/h21H,5-12H2,1-4H3,(H2,17,18). The van der Waals surface area contributed by atoms with Crippen LogP contribution in [-0.2, 0) is 4.79 Å². The zero-order valence-corrected chi connectivity index (χ0v) is 14.0. The summed E-state index contributed by atoms with van der Waals surface area (Å²) in [5.41, 5.74) is 5.37. The molecule has 122 valence electrons. The van der Waals surface area contributed by atoms with Crippen LogP contribution in [0, 0.1) is 10.8 Å². The summed E-state index contributed by atoms with van der Waals surface area (Å²) < 4.78 is 0. The third-order valence-corrected chi connectivity index (χ3v) is 5.83. The number of carbonyl (C=O) groups is 1. The van der Waals surface area contributed by atoms with Gasteiger partial charge in [-0.3, -0.25) is 4.79 Å². The Bertz CT molecular complexity index is 375. The van der Waals surface area contributed by atoms with Crippen LogP contribution >= 0.6 is 0 Å². The average Bonchev–Trinajstić information content (AvgIpc) is 2.56. The highest BCUT2D eigenvalue weighted by atomic mass is 16.4. The SMILES string of the molecule is CCC1(CC)CCN(C(=O)C(CC)(CC)C(N)=NO)CC1. The first-order chi connectivity index (χ1) is 9.95. The maximum atomic E-state index is 12.9. The van der Waals surface area contributed by atoms with E-state index in [-0.39, 0.29) is 11.7 Å². The fraction of sp³-hybridized carbons (Fsp3) is 0.875. The number of carbonyl (C=O) groups excluding carboxylic acids is 1. The lowest BCUT2D eigenvalue weighted by Crippen LogP contribution is -2.53. The lowest BCUT2D eigenvalue weighted by Gasteiger charge is -2.44. The van der Waals surface area contributed by atoms with Gasteiger partial charge in [-0.1, -0.05) is 45.7 Å². The Hall–Kier alpha value is -1.26. The number of piperidine rings is 1. The number of oxime groups is 1. The molecule has 0 spiro atoms. The third kappa shape index (κ3) is 3.16. The van der Waals surface area contributed by atoms with E-state index < -0.39 is 5.41 Å². The molecule has 3 N–H and O–H groups in total. The van der Waals surface area contributed by atoms with Gasteiger partial charge in [0.15, 0.2) is 5.84 Å². The average molecular weight is 297 g/mol. The van der Waals surface area contributed by atoms with Crippen LogP contribution in [-0.4, -0.2) is 34.9 Å². The molecule has 1 rings (SSSR count). The lowest BCUT2D eigenvalue weighted by atomic mass is 9.73. The van der Waals surface area contributed by atoms with Gasteiger partial charge in [0.25, 0.3) is 0 Å². The molecule has 0 radical (unpaired) electrons. The van der Waals surface area contributed by atoms with Gasteiger partial charge in [0.05, 0.1) is 0 Å². The van der Waals surface area contributed by atoms with Gasteiger partial charge in [-0.2, -0.15) is 0 Å². The number of amidine groups is 1. The van der Waals surface area contributed by atoms with Gasteiger partial charge in [-0.25, -0.2) is 0 Å². The van der Waals surface area contributed by atoms with E-state index in [0.29, 0.717) is 18.3 Å². The summed E-state index contributed by atoms with van der Waals surface area (Å²) in [5.74, 6) is 0.0592. The quantitative estimate of drug-likeness (QED) is 0.342. The first-order valence-electron chi connectivity index (χ1n) is 8.22. The van der Waals surface area contributed by atoms with Crippen molar-refractivity contribution in [2.24, 2.45) is 21.7 Å². The van der Waals surface area contributed by atoms with Crippen LogP contribution in [0.2, 0.25) is 0 Å². The molecule has 21 heavy (non-hydrogen) atoms. The van der Waals surface area contributed by atoms with E-state index >= 15 is 0 Å². The third-order valence-electron chi connectivity index (χ3n) is 5.83. The second kappa shape index (κ2) is 7.14. The minimum Gasteiger partial charge on any atom is -0.409 e. The van der Waals surface area contributed by atoms with E-state index in [9.17, 15) is 4.79 Å². The zero-order chi connectivity index (χ0) is 16.1. The molecule has 0 aromatic heterocycles. The summed E-state index contributed by atoms with van der Waals surface area (Å²) in [7, 11) is 0. The minimum atomic E-state index is -0.854. The van der Waals surface area contributed by atoms with Gasteiger partial charge in [-0.15, -0.1) is 0 Å². The van der Waals surface area contributed by atoms with Crippen molar-refractivity contribution in [3.05, 3.63) is 0 Å². The van der Waals surface area contributed by atoms with Gasteiger partial charge in [0, 0.05) is 13.1 Å². The summed E-state index contributed by atoms with van der Waals surface area (Å²) in [6, 6.07) is 0. The molecule has 0 aromatic rings. The van der Waals surface area contributed by atoms with Crippen LogP contribution in [0.5, 0.6) is 0 Å². The Balaban J connectivity index is 2.89. The van der Waals surface area contributed by atoms with E-state index in [0.717, 1.165) is 25.9 Å². The first kappa shape index (κ1) is 17.8. The van der Waals surface area contributed by atoms with Crippen LogP contribution in [0.25, 0.3) is 0 Å². The molecule has 1 fully saturated rings. The normalized spacial score (nSPS) is 19.6. The molecular formula is C16H31N3O2. The van der Waals surface area contributed by atoms with Crippen molar-refractivity contribution in [3.63, 3.8) is 0 Å². The fourth-order valence-corrected chi connectivity index (χ4v) is 3.56. The van der Waals surface area contributed by atoms with Gasteiger partial charge in [-0.05, 0) is 31.1 Å². The van der Waals surface area contributed by atoms with E-state index in [1.165, 1.54) is 12.8 Å². The Labute approximate surface area is 128 Å². The zero-order valence-electron chi connectivity index (χ0n) is 14.0. The Morgan fingerprint density at radius 1 is 1.19 bits per heavy atom. The summed E-state index contributed by atoms with van der Waals surface area (Å²) in [6.07, 6.45) is 5.54. The van der Waals surface area contributed by atoms with Crippen LogP contribution in [0.3, 0.4) is 0 Å². The minimum absolute atomic E-state index is 0.0172. The molecule has 1 saturated heterocycles. The number of likely N-dealkylation sites (tertiary alicyclic amines) is 1. The molecule has 0 atom stereocenters. The number of hydrogen-bond donors (Lipinski definition) is 2. The summed E-state index contributed by atoms with van der Waals surface area (Å²) >= 11 is 0. The predicted octanol–water partition coefficient (Wildman–Crippen LogP) is 2.97. The smallest absolute Gasteiger partial charge is 0.236 e. The topological polar surface area (TPSA) is 78.9 Å². The highest BCUT2D eigenvalue weighted by Gasteiger charge is 2.44. The fourth-order valence-electron chi connectivity index (χ4n) is 3.56. The highest BCUT2D eigenvalue weighted by Crippen LogP contribution is 2.39. The molecule has 0 bridgehead atoms. The van der Waals surface area contributed by atoms with E-state index in [1.807, 2.05) is 18.7 Å². The Morgan fingerprint density at radius 2 is 1.67 bits per heavy atom. The van der Waals surface area contributed by atoms with E-state index in [4.69, 9.17) is 10.9 Å². The number of nitrogens with zero attached hydrogens (tertiary/aromatic N) is 2. The highest BCUT2D eigenvalue weighted by molar-refractivity contribution is 6.06. The van der Waals surface area contributed by atoms with Crippen molar-refractivity contribution in [2.45, 2.75) is 66.2 Å². The molecule has 0 saturated carbocycles. The Kier molecular flexibility index (Phi) is 6.05. The molecule has 1 heterocycles. The molecule has 0 aromatic carbocycles. The maximum absolute atomic E-state index is 12.9. The first-order valence-corrected chi connectivity index (χ1v) is 8.22.